The van der Waals surface area contributed by atoms with Crippen LogP contribution >= 0.6 is 0 Å². The van der Waals surface area contributed by atoms with Gasteiger partial charge in [-0.3, -0.25) is 0 Å². The zero-order valence-electron chi connectivity index (χ0n) is 8.72. The van der Waals surface area contributed by atoms with Gasteiger partial charge in [0.1, 0.15) is 0 Å². The molecule has 76 valence electrons. The van der Waals surface area contributed by atoms with Crippen molar-refractivity contribution in [2.75, 3.05) is 0 Å². The third-order valence-corrected chi connectivity index (χ3v) is 2.52. The largest absolute Gasteiger partial charge is 0.384 e. The topological polar surface area (TPSA) is 20.2 Å². The highest BCUT2D eigenvalue weighted by atomic mass is 16.3. The first-order chi connectivity index (χ1) is 7.33. The molecule has 0 amide bonds. The molecule has 0 fully saturated rings. The molecule has 0 saturated heterocycles. The number of hydrogen-bond donors (Lipinski definition) is 1. The molecule has 1 heteroatoms. The standard InChI is InChI=1S/C14H14O/c1-2-6-14(15)13-10-5-8-11-7-3-4-9-12(11)13/h2-10,14-15H,1H3. The molecule has 0 aliphatic carbocycles. The summed E-state index contributed by atoms with van der Waals surface area (Å²) in [5.74, 6) is 0. The zero-order valence-corrected chi connectivity index (χ0v) is 8.72. The van der Waals surface area contributed by atoms with Crippen molar-refractivity contribution in [3.05, 3.63) is 60.2 Å². The summed E-state index contributed by atoms with van der Waals surface area (Å²) < 4.78 is 0. The van der Waals surface area contributed by atoms with E-state index in [-0.39, 0.29) is 0 Å². The second-order valence-electron chi connectivity index (χ2n) is 3.54. The molecular weight excluding hydrogens is 184 g/mol. The molecule has 2 aromatic rings. The first-order valence-corrected chi connectivity index (χ1v) is 5.11. The maximum absolute atomic E-state index is 9.93. The summed E-state index contributed by atoms with van der Waals surface area (Å²) in [5, 5.41) is 12.2. The fraction of sp³-hybridized carbons (Fsp3) is 0.143. The number of benzene rings is 2. The molecular formula is C14H14O. The number of aliphatic hydroxyl groups excluding tert-OH is 1. The Morgan fingerprint density at radius 1 is 1.07 bits per heavy atom. The average molecular weight is 198 g/mol. The van der Waals surface area contributed by atoms with E-state index < -0.39 is 6.10 Å². The van der Waals surface area contributed by atoms with Gasteiger partial charge in [-0.05, 0) is 23.3 Å². The number of allylic oxidation sites excluding steroid dienone is 1. The summed E-state index contributed by atoms with van der Waals surface area (Å²) in [4.78, 5) is 0. The second kappa shape index (κ2) is 4.28. The van der Waals surface area contributed by atoms with Crippen molar-refractivity contribution >= 4 is 10.8 Å². The highest BCUT2D eigenvalue weighted by Gasteiger charge is 2.06. The summed E-state index contributed by atoms with van der Waals surface area (Å²) in [7, 11) is 0. The van der Waals surface area contributed by atoms with Gasteiger partial charge in [-0.1, -0.05) is 54.6 Å². The van der Waals surface area contributed by atoms with Gasteiger partial charge in [0.15, 0.2) is 0 Å². The Hall–Kier alpha value is -1.60. The lowest BCUT2D eigenvalue weighted by molar-refractivity contribution is 0.230. The lowest BCUT2D eigenvalue weighted by atomic mass is 10.0. The van der Waals surface area contributed by atoms with Crippen molar-refractivity contribution in [3.8, 4) is 0 Å². The Kier molecular flexibility index (Phi) is 2.84. The molecule has 15 heavy (non-hydrogen) atoms. The van der Waals surface area contributed by atoms with Crippen LogP contribution in [0.25, 0.3) is 10.8 Å². The molecule has 2 aromatic carbocycles. The lowest BCUT2D eigenvalue weighted by Crippen LogP contribution is -1.93. The predicted octanol–water partition coefficient (Wildman–Crippen LogP) is 3.45. The zero-order chi connectivity index (χ0) is 10.7. The van der Waals surface area contributed by atoms with E-state index in [0.29, 0.717) is 0 Å². The third kappa shape index (κ3) is 1.92. The number of fused-ring (bicyclic) bond motifs is 1. The molecule has 0 radical (unpaired) electrons. The SMILES string of the molecule is CC=CC(O)c1cccc2ccccc12. The van der Waals surface area contributed by atoms with Gasteiger partial charge in [-0.2, -0.15) is 0 Å². The van der Waals surface area contributed by atoms with Crippen LogP contribution in [0.5, 0.6) is 0 Å². The first-order valence-electron chi connectivity index (χ1n) is 5.11. The summed E-state index contributed by atoms with van der Waals surface area (Å²) >= 11 is 0. The summed E-state index contributed by atoms with van der Waals surface area (Å²) in [6.07, 6.45) is 3.15. The Morgan fingerprint density at radius 3 is 2.60 bits per heavy atom. The molecule has 0 saturated carbocycles. The van der Waals surface area contributed by atoms with Crippen molar-refractivity contribution < 1.29 is 5.11 Å². The third-order valence-electron chi connectivity index (χ3n) is 2.52. The second-order valence-corrected chi connectivity index (χ2v) is 3.54. The van der Waals surface area contributed by atoms with E-state index in [1.165, 1.54) is 5.39 Å². The van der Waals surface area contributed by atoms with Gasteiger partial charge >= 0.3 is 0 Å². The van der Waals surface area contributed by atoms with Crippen molar-refractivity contribution in [1.29, 1.82) is 0 Å². The van der Waals surface area contributed by atoms with Crippen LogP contribution in [0.4, 0.5) is 0 Å². The van der Waals surface area contributed by atoms with Gasteiger partial charge in [0, 0.05) is 0 Å². The molecule has 1 unspecified atom stereocenters. The van der Waals surface area contributed by atoms with Crippen LogP contribution in [-0.2, 0) is 0 Å². The maximum Gasteiger partial charge on any atom is 0.0977 e. The van der Waals surface area contributed by atoms with Crippen LogP contribution in [0.15, 0.2) is 54.6 Å². The minimum atomic E-state index is -0.513. The smallest absolute Gasteiger partial charge is 0.0977 e. The van der Waals surface area contributed by atoms with Crippen molar-refractivity contribution in [3.63, 3.8) is 0 Å². The van der Waals surface area contributed by atoms with E-state index in [1.807, 2.05) is 43.3 Å². The van der Waals surface area contributed by atoms with Crippen molar-refractivity contribution in [2.45, 2.75) is 13.0 Å². The highest BCUT2D eigenvalue weighted by molar-refractivity contribution is 5.86. The quantitative estimate of drug-likeness (QED) is 0.733. The fourth-order valence-electron chi connectivity index (χ4n) is 1.79. The van der Waals surface area contributed by atoms with Gasteiger partial charge < -0.3 is 5.11 Å². The predicted molar refractivity (Wildman–Crippen MR) is 63.7 cm³/mol. The summed E-state index contributed by atoms with van der Waals surface area (Å²) in [6.45, 7) is 1.91. The first kappa shape index (κ1) is 9.94. The van der Waals surface area contributed by atoms with E-state index in [0.717, 1.165) is 10.9 Å². The van der Waals surface area contributed by atoms with Crippen LogP contribution in [0.2, 0.25) is 0 Å². The number of rotatable bonds is 2. The van der Waals surface area contributed by atoms with Gasteiger partial charge in [-0.15, -0.1) is 0 Å². The molecule has 0 aromatic heterocycles. The Balaban J connectivity index is 2.60. The van der Waals surface area contributed by atoms with Gasteiger partial charge in [0.25, 0.3) is 0 Å². The maximum atomic E-state index is 9.93. The fourth-order valence-corrected chi connectivity index (χ4v) is 1.79. The van der Waals surface area contributed by atoms with Crippen LogP contribution in [0, 0.1) is 0 Å². The Bertz CT molecular complexity index is 480. The van der Waals surface area contributed by atoms with Crippen LogP contribution < -0.4 is 0 Å². The molecule has 1 N–H and O–H groups in total. The Labute approximate surface area is 89.7 Å². The number of aliphatic hydroxyl groups is 1. The Morgan fingerprint density at radius 2 is 1.80 bits per heavy atom. The molecule has 0 bridgehead atoms. The lowest BCUT2D eigenvalue weighted by Gasteiger charge is -2.09. The van der Waals surface area contributed by atoms with E-state index in [2.05, 4.69) is 12.1 Å². The van der Waals surface area contributed by atoms with Gasteiger partial charge in [0.05, 0.1) is 6.10 Å². The van der Waals surface area contributed by atoms with Crippen LogP contribution in [0.1, 0.15) is 18.6 Å². The average Bonchev–Trinajstić information content (AvgIpc) is 2.28. The normalized spacial score (nSPS) is 13.5. The summed E-state index contributed by atoms with van der Waals surface area (Å²) in [6, 6.07) is 14.1. The summed E-state index contributed by atoms with van der Waals surface area (Å²) in [5.41, 5.74) is 0.964. The molecule has 0 aliphatic heterocycles. The van der Waals surface area contributed by atoms with E-state index in [9.17, 15) is 5.11 Å². The molecule has 1 nitrogen and oxygen atoms in total. The monoisotopic (exact) mass is 198 g/mol. The molecule has 0 aliphatic rings. The molecule has 2 rings (SSSR count). The minimum Gasteiger partial charge on any atom is -0.384 e. The van der Waals surface area contributed by atoms with Crippen LogP contribution in [-0.4, -0.2) is 5.11 Å². The van der Waals surface area contributed by atoms with E-state index in [1.54, 1.807) is 6.08 Å². The number of hydrogen-bond acceptors (Lipinski definition) is 1. The van der Waals surface area contributed by atoms with E-state index >= 15 is 0 Å². The van der Waals surface area contributed by atoms with Gasteiger partial charge in [-0.25, -0.2) is 0 Å². The van der Waals surface area contributed by atoms with E-state index in [4.69, 9.17) is 0 Å². The van der Waals surface area contributed by atoms with Crippen LogP contribution in [0.3, 0.4) is 0 Å². The highest BCUT2D eigenvalue weighted by Crippen LogP contribution is 2.24. The van der Waals surface area contributed by atoms with Crippen molar-refractivity contribution in [2.24, 2.45) is 0 Å². The molecule has 0 heterocycles. The molecule has 1 atom stereocenters. The van der Waals surface area contributed by atoms with Gasteiger partial charge in [0.2, 0.25) is 0 Å². The molecule has 0 spiro atoms. The minimum absolute atomic E-state index is 0.513. The van der Waals surface area contributed by atoms with Crippen molar-refractivity contribution in [1.82, 2.24) is 0 Å².